The van der Waals surface area contributed by atoms with Crippen molar-refractivity contribution >= 4 is 0 Å². The van der Waals surface area contributed by atoms with Crippen molar-refractivity contribution in [2.45, 2.75) is 26.7 Å². The van der Waals surface area contributed by atoms with Crippen LogP contribution >= 0.6 is 0 Å². The van der Waals surface area contributed by atoms with Crippen LogP contribution in [-0.4, -0.2) is 7.11 Å². The number of hydrogen-bond donors (Lipinski definition) is 0. The fourth-order valence-corrected chi connectivity index (χ4v) is 1.36. The summed E-state index contributed by atoms with van der Waals surface area (Å²) in [7, 11) is 1.71. The molecule has 0 saturated carbocycles. The molecule has 0 aliphatic carbocycles. The Hall–Kier alpha value is -0.980. The van der Waals surface area contributed by atoms with Gasteiger partial charge in [-0.15, -0.1) is 0 Å². The molecule has 0 unspecified atom stereocenters. The topological polar surface area (TPSA) is 9.23 Å². The molecular weight excluding hydrogens is 148 g/mol. The van der Waals surface area contributed by atoms with Crippen LogP contribution in [0.15, 0.2) is 12.1 Å². The lowest BCUT2D eigenvalue weighted by atomic mass is 10.0. The van der Waals surface area contributed by atoms with Gasteiger partial charge >= 0.3 is 0 Å². The number of methoxy groups -OCH3 is 1. The first-order valence-corrected chi connectivity index (χ1v) is 4.33. The molecule has 0 aromatic heterocycles. The van der Waals surface area contributed by atoms with Crippen molar-refractivity contribution in [1.29, 1.82) is 0 Å². The molecule has 0 aliphatic heterocycles. The largest absolute Gasteiger partial charge is 0.496 e. The van der Waals surface area contributed by atoms with E-state index in [0.717, 1.165) is 18.6 Å². The average Bonchev–Trinajstić information content (AvgIpc) is 2.09. The van der Waals surface area contributed by atoms with Gasteiger partial charge in [-0.2, -0.15) is 0 Å². The smallest absolute Gasteiger partial charge is 0.122 e. The Morgan fingerprint density at radius 3 is 2.75 bits per heavy atom. The van der Waals surface area contributed by atoms with E-state index >= 15 is 0 Å². The molecule has 0 spiro atoms. The zero-order valence-corrected chi connectivity index (χ0v) is 7.98. The molecule has 0 aliphatic rings. The molecule has 0 amide bonds. The van der Waals surface area contributed by atoms with E-state index in [0.29, 0.717) is 0 Å². The van der Waals surface area contributed by atoms with Crippen molar-refractivity contribution in [3.63, 3.8) is 0 Å². The molecule has 1 heteroatoms. The van der Waals surface area contributed by atoms with Gasteiger partial charge in [-0.3, -0.25) is 0 Å². The van der Waals surface area contributed by atoms with E-state index in [2.05, 4.69) is 19.9 Å². The standard InChI is InChI=1S/C11H15O/c1-4-6-10-9(2)7-5-8-11(10)12-3/h7-8H,4,6H2,1-3H3. The van der Waals surface area contributed by atoms with E-state index in [9.17, 15) is 0 Å². The van der Waals surface area contributed by atoms with Crippen molar-refractivity contribution in [3.8, 4) is 5.75 Å². The Kier molecular flexibility index (Phi) is 3.15. The van der Waals surface area contributed by atoms with Crippen molar-refractivity contribution in [2.24, 2.45) is 0 Å². The van der Waals surface area contributed by atoms with Gasteiger partial charge in [0.15, 0.2) is 0 Å². The molecule has 1 rings (SSSR count). The first-order chi connectivity index (χ1) is 5.79. The van der Waals surface area contributed by atoms with Gasteiger partial charge in [0.05, 0.1) is 7.11 Å². The van der Waals surface area contributed by atoms with Gasteiger partial charge in [0, 0.05) is 0 Å². The van der Waals surface area contributed by atoms with Gasteiger partial charge in [0.2, 0.25) is 0 Å². The van der Waals surface area contributed by atoms with E-state index in [1.165, 1.54) is 11.1 Å². The SMILES string of the molecule is CCCc1c(C)c[c]cc1OC. The summed E-state index contributed by atoms with van der Waals surface area (Å²) in [6.07, 6.45) is 2.24. The minimum absolute atomic E-state index is 0.969. The maximum Gasteiger partial charge on any atom is 0.122 e. The van der Waals surface area contributed by atoms with E-state index in [-0.39, 0.29) is 0 Å². The van der Waals surface area contributed by atoms with Crippen LogP contribution in [0.2, 0.25) is 0 Å². The summed E-state index contributed by atoms with van der Waals surface area (Å²) in [6, 6.07) is 6.96. The Morgan fingerprint density at radius 2 is 2.17 bits per heavy atom. The van der Waals surface area contributed by atoms with Crippen LogP contribution < -0.4 is 4.74 Å². The van der Waals surface area contributed by atoms with Crippen molar-refractivity contribution in [3.05, 3.63) is 29.3 Å². The van der Waals surface area contributed by atoms with Crippen LogP contribution in [0.25, 0.3) is 0 Å². The number of rotatable bonds is 3. The second-order valence-electron chi connectivity index (χ2n) is 2.94. The van der Waals surface area contributed by atoms with Crippen LogP contribution in [0.3, 0.4) is 0 Å². The second-order valence-corrected chi connectivity index (χ2v) is 2.94. The minimum Gasteiger partial charge on any atom is -0.496 e. The van der Waals surface area contributed by atoms with Crippen LogP contribution in [0.1, 0.15) is 24.5 Å². The first kappa shape index (κ1) is 9.11. The molecule has 0 heterocycles. The number of benzene rings is 1. The van der Waals surface area contributed by atoms with Crippen LogP contribution in [0, 0.1) is 13.0 Å². The van der Waals surface area contributed by atoms with Crippen molar-refractivity contribution in [1.82, 2.24) is 0 Å². The third kappa shape index (κ3) is 1.79. The number of aryl methyl sites for hydroxylation is 1. The molecule has 1 radical (unpaired) electrons. The van der Waals surface area contributed by atoms with E-state index < -0.39 is 0 Å². The highest BCUT2D eigenvalue weighted by Gasteiger charge is 2.03. The average molecular weight is 163 g/mol. The van der Waals surface area contributed by atoms with Crippen molar-refractivity contribution in [2.75, 3.05) is 7.11 Å². The molecule has 1 nitrogen and oxygen atoms in total. The second kappa shape index (κ2) is 4.15. The highest BCUT2D eigenvalue weighted by molar-refractivity contribution is 5.39. The Labute approximate surface area is 74.4 Å². The Bertz CT molecular complexity index is 253. The third-order valence-corrected chi connectivity index (χ3v) is 2.01. The van der Waals surface area contributed by atoms with Crippen molar-refractivity contribution < 1.29 is 4.74 Å². The van der Waals surface area contributed by atoms with Gasteiger partial charge in [0.25, 0.3) is 0 Å². The number of ether oxygens (including phenoxy) is 1. The van der Waals surface area contributed by atoms with Crippen LogP contribution in [0.5, 0.6) is 5.75 Å². The molecule has 12 heavy (non-hydrogen) atoms. The lowest BCUT2D eigenvalue weighted by molar-refractivity contribution is 0.409. The van der Waals surface area contributed by atoms with Gasteiger partial charge in [-0.25, -0.2) is 0 Å². The molecule has 0 saturated heterocycles. The normalized spacial score (nSPS) is 9.92. The van der Waals surface area contributed by atoms with Gasteiger partial charge in [-0.1, -0.05) is 19.4 Å². The molecular formula is C11H15O. The highest BCUT2D eigenvalue weighted by Crippen LogP contribution is 2.22. The third-order valence-electron chi connectivity index (χ3n) is 2.01. The molecule has 65 valence electrons. The molecule has 0 bridgehead atoms. The minimum atomic E-state index is 0.969. The first-order valence-electron chi connectivity index (χ1n) is 4.33. The summed E-state index contributed by atoms with van der Waals surface area (Å²) in [5.41, 5.74) is 2.59. The van der Waals surface area contributed by atoms with Gasteiger partial charge in [-0.05, 0) is 36.6 Å². The maximum absolute atomic E-state index is 5.25. The van der Waals surface area contributed by atoms with Gasteiger partial charge < -0.3 is 4.74 Å². The molecule has 0 fully saturated rings. The predicted octanol–water partition coefficient (Wildman–Crippen LogP) is 2.76. The lowest BCUT2D eigenvalue weighted by Gasteiger charge is -2.09. The van der Waals surface area contributed by atoms with E-state index in [4.69, 9.17) is 4.74 Å². The zero-order valence-electron chi connectivity index (χ0n) is 7.98. The molecule has 1 aromatic rings. The lowest BCUT2D eigenvalue weighted by Crippen LogP contribution is -1.94. The summed E-state index contributed by atoms with van der Waals surface area (Å²) >= 11 is 0. The summed E-state index contributed by atoms with van der Waals surface area (Å²) in [5, 5.41) is 0. The quantitative estimate of drug-likeness (QED) is 0.665. The van der Waals surface area contributed by atoms with E-state index in [1.54, 1.807) is 7.11 Å². The predicted molar refractivity (Wildman–Crippen MR) is 50.6 cm³/mol. The summed E-state index contributed by atoms with van der Waals surface area (Å²) in [4.78, 5) is 0. The zero-order chi connectivity index (χ0) is 8.97. The van der Waals surface area contributed by atoms with Gasteiger partial charge in [0.1, 0.15) is 5.75 Å². The maximum atomic E-state index is 5.25. The van der Waals surface area contributed by atoms with E-state index in [1.807, 2.05) is 12.1 Å². The highest BCUT2D eigenvalue weighted by atomic mass is 16.5. The van der Waals surface area contributed by atoms with Crippen LogP contribution in [-0.2, 0) is 6.42 Å². The van der Waals surface area contributed by atoms with Crippen LogP contribution in [0.4, 0.5) is 0 Å². The summed E-state index contributed by atoms with van der Waals surface area (Å²) in [6.45, 7) is 4.28. The fraction of sp³-hybridized carbons (Fsp3) is 0.455. The Morgan fingerprint density at radius 1 is 1.42 bits per heavy atom. The monoisotopic (exact) mass is 163 g/mol. The molecule has 0 atom stereocenters. The number of hydrogen-bond acceptors (Lipinski definition) is 1. The fourth-order valence-electron chi connectivity index (χ4n) is 1.36. The molecule has 1 aromatic carbocycles. The summed E-state index contributed by atoms with van der Waals surface area (Å²) in [5.74, 6) is 0.969. The molecule has 0 N–H and O–H groups in total. The Balaban J connectivity index is 3.02. The summed E-state index contributed by atoms with van der Waals surface area (Å²) < 4.78 is 5.25.